The summed E-state index contributed by atoms with van der Waals surface area (Å²) < 4.78 is 4.67. The molecule has 0 unspecified atom stereocenters. The Hall–Kier alpha value is -3.18. The van der Waals surface area contributed by atoms with Crippen molar-refractivity contribution in [2.45, 2.75) is 76.9 Å². The van der Waals surface area contributed by atoms with Gasteiger partial charge in [-0.1, -0.05) is 13.8 Å². The Morgan fingerprint density at radius 2 is 1.88 bits per heavy atom. The molecule has 1 aliphatic heterocycles. The first kappa shape index (κ1) is 28.9. The maximum absolute atomic E-state index is 13.2. The Morgan fingerprint density at radius 1 is 1.18 bits per heavy atom. The van der Waals surface area contributed by atoms with Crippen molar-refractivity contribution in [2.75, 3.05) is 20.2 Å². The highest BCUT2D eigenvalue weighted by Crippen LogP contribution is 2.20. The van der Waals surface area contributed by atoms with Crippen molar-refractivity contribution >= 4 is 35.9 Å². The van der Waals surface area contributed by atoms with Crippen molar-refractivity contribution < 1.29 is 28.7 Å². The summed E-state index contributed by atoms with van der Waals surface area (Å²) in [6.45, 7) is 4.57. The lowest BCUT2D eigenvalue weighted by atomic mass is 10.1. The molecule has 1 saturated heterocycles. The molecule has 0 aliphatic carbocycles. The first-order valence-electron chi connectivity index (χ1n) is 11.6. The van der Waals surface area contributed by atoms with Gasteiger partial charge in [0.05, 0.1) is 19.6 Å². The predicted molar refractivity (Wildman–Crippen MR) is 125 cm³/mol. The van der Waals surface area contributed by atoms with Crippen LogP contribution in [0.15, 0.2) is 4.99 Å². The van der Waals surface area contributed by atoms with Crippen molar-refractivity contribution in [3.05, 3.63) is 0 Å². The third-order valence-corrected chi connectivity index (χ3v) is 5.48. The number of nitrogens with zero attached hydrogens (tertiary/aromatic N) is 2. The fourth-order valence-corrected chi connectivity index (χ4v) is 3.61. The van der Waals surface area contributed by atoms with Crippen LogP contribution in [0.5, 0.6) is 0 Å². The summed E-state index contributed by atoms with van der Waals surface area (Å²) in [6, 6.07) is -2.69. The molecule has 1 heterocycles. The number of hydrogen-bond acceptors (Lipinski definition) is 7. The standard InChI is InChI=1S/C22H38N6O6/c1-14(2)8-9-18(30)27-16(12-19(31)34-3)21(33)28-11-5-7-17(28)20(32)26-15(13-29)6-4-10-25-22(23)24/h13-17H,4-12H2,1-3H3,(H,26,32)(H,27,30)(H4,23,24,25)/t15-,16-,17+/m1/s1. The number of ether oxygens (including phenoxy) is 1. The largest absolute Gasteiger partial charge is 0.469 e. The van der Waals surface area contributed by atoms with Crippen LogP contribution in [0.25, 0.3) is 0 Å². The van der Waals surface area contributed by atoms with E-state index in [2.05, 4.69) is 20.4 Å². The Bertz CT molecular complexity index is 752. The molecule has 12 heteroatoms. The van der Waals surface area contributed by atoms with Crippen molar-refractivity contribution in [2.24, 2.45) is 22.4 Å². The Balaban J connectivity index is 2.83. The van der Waals surface area contributed by atoms with Gasteiger partial charge in [0.1, 0.15) is 18.4 Å². The highest BCUT2D eigenvalue weighted by atomic mass is 16.5. The molecule has 0 aromatic carbocycles. The van der Waals surface area contributed by atoms with Crippen LogP contribution in [0.3, 0.4) is 0 Å². The van der Waals surface area contributed by atoms with Gasteiger partial charge in [-0.15, -0.1) is 0 Å². The van der Waals surface area contributed by atoms with Crippen LogP contribution in [-0.2, 0) is 28.7 Å². The lowest BCUT2D eigenvalue weighted by Gasteiger charge is -2.29. The molecule has 0 radical (unpaired) electrons. The molecule has 1 rings (SSSR count). The highest BCUT2D eigenvalue weighted by Gasteiger charge is 2.39. The van der Waals surface area contributed by atoms with E-state index in [-0.39, 0.29) is 24.7 Å². The third kappa shape index (κ3) is 10.2. The van der Waals surface area contributed by atoms with Crippen LogP contribution < -0.4 is 22.1 Å². The number of methoxy groups -OCH3 is 1. The molecule has 0 spiro atoms. The lowest BCUT2D eigenvalue weighted by molar-refractivity contribution is -0.147. The lowest BCUT2D eigenvalue weighted by Crippen LogP contribution is -2.55. The molecule has 6 N–H and O–H groups in total. The molecule has 1 aliphatic rings. The zero-order chi connectivity index (χ0) is 25.7. The minimum absolute atomic E-state index is 0.0513. The number of amides is 3. The van der Waals surface area contributed by atoms with E-state index >= 15 is 0 Å². The zero-order valence-electron chi connectivity index (χ0n) is 20.2. The molecule has 34 heavy (non-hydrogen) atoms. The van der Waals surface area contributed by atoms with Crippen LogP contribution in [0.2, 0.25) is 0 Å². The number of nitrogens with two attached hydrogens (primary N) is 2. The van der Waals surface area contributed by atoms with Gasteiger partial charge in [0.25, 0.3) is 0 Å². The summed E-state index contributed by atoms with van der Waals surface area (Å²) in [4.78, 5) is 66.9. The maximum Gasteiger partial charge on any atom is 0.308 e. The van der Waals surface area contributed by atoms with Crippen LogP contribution in [0.1, 0.15) is 58.8 Å². The van der Waals surface area contributed by atoms with Gasteiger partial charge in [0.15, 0.2) is 5.96 Å². The van der Waals surface area contributed by atoms with E-state index in [1.165, 1.54) is 12.0 Å². The maximum atomic E-state index is 13.2. The summed E-state index contributed by atoms with van der Waals surface area (Å²) in [5.41, 5.74) is 10.5. The monoisotopic (exact) mass is 482 g/mol. The normalized spacial score (nSPS) is 16.9. The number of esters is 1. The molecule has 3 amide bonds. The Morgan fingerprint density at radius 3 is 2.47 bits per heavy atom. The smallest absolute Gasteiger partial charge is 0.308 e. The van der Waals surface area contributed by atoms with Gasteiger partial charge in [-0.3, -0.25) is 24.2 Å². The van der Waals surface area contributed by atoms with Crippen molar-refractivity contribution in [1.82, 2.24) is 15.5 Å². The van der Waals surface area contributed by atoms with Gasteiger partial charge < -0.3 is 36.5 Å². The molecule has 192 valence electrons. The van der Waals surface area contributed by atoms with Gasteiger partial charge >= 0.3 is 5.97 Å². The molecule has 0 bridgehead atoms. The van der Waals surface area contributed by atoms with Crippen molar-refractivity contribution in [3.8, 4) is 0 Å². The van der Waals surface area contributed by atoms with Crippen LogP contribution >= 0.6 is 0 Å². The number of rotatable bonds is 14. The van der Waals surface area contributed by atoms with Crippen LogP contribution in [-0.4, -0.2) is 79.2 Å². The number of nitrogens with one attached hydrogen (secondary N) is 2. The summed E-state index contributed by atoms with van der Waals surface area (Å²) in [5.74, 6) is -1.74. The second kappa shape index (κ2) is 14.9. The average Bonchev–Trinajstić information content (AvgIpc) is 3.28. The van der Waals surface area contributed by atoms with Gasteiger partial charge in [-0.25, -0.2) is 0 Å². The summed E-state index contributed by atoms with van der Waals surface area (Å²) in [7, 11) is 1.20. The third-order valence-electron chi connectivity index (χ3n) is 5.48. The van der Waals surface area contributed by atoms with Gasteiger partial charge in [0, 0.05) is 19.5 Å². The van der Waals surface area contributed by atoms with Crippen molar-refractivity contribution in [1.29, 1.82) is 0 Å². The average molecular weight is 483 g/mol. The zero-order valence-corrected chi connectivity index (χ0v) is 20.2. The molecule has 1 fully saturated rings. The summed E-state index contributed by atoms with van der Waals surface area (Å²) in [6.07, 6.45) is 2.94. The second-order valence-corrected chi connectivity index (χ2v) is 8.72. The number of carbonyl (C=O) groups is 5. The van der Waals surface area contributed by atoms with Gasteiger partial charge in [0.2, 0.25) is 17.7 Å². The molecular weight excluding hydrogens is 444 g/mol. The number of likely N-dealkylation sites (tertiary alicyclic amines) is 1. The predicted octanol–water partition coefficient (Wildman–Crippen LogP) is -0.801. The van der Waals surface area contributed by atoms with E-state index in [1.54, 1.807) is 0 Å². The Labute approximate surface area is 200 Å². The van der Waals surface area contributed by atoms with E-state index in [4.69, 9.17) is 11.5 Å². The number of carbonyl (C=O) groups excluding carboxylic acids is 5. The SMILES string of the molecule is COC(=O)C[C@@H](NC(=O)CCC(C)C)C(=O)N1CCC[C@H]1C(=O)N[C@@H](C=O)CCCN=C(N)N. The topological polar surface area (TPSA) is 186 Å². The number of aliphatic imine (C=N–C) groups is 1. The van der Waals surface area contributed by atoms with Gasteiger partial charge in [-0.2, -0.15) is 0 Å². The fraction of sp³-hybridized carbons (Fsp3) is 0.727. The molecule has 0 aromatic heterocycles. The molecule has 12 nitrogen and oxygen atoms in total. The van der Waals surface area contributed by atoms with Crippen LogP contribution in [0, 0.1) is 5.92 Å². The second-order valence-electron chi connectivity index (χ2n) is 8.72. The summed E-state index contributed by atoms with van der Waals surface area (Å²) in [5, 5.41) is 5.27. The summed E-state index contributed by atoms with van der Waals surface area (Å²) >= 11 is 0. The highest BCUT2D eigenvalue weighted by molar-refractivity contribution is 5.95. The molecular formula is C22H38N6O6. The van der Waals surface area contributed by atoms with E-state index in [0.717, 1.165) is 0 Å². The van der Waals surface area contributed by atoms with E-state index < -0.39 is 35.9 Å². The quantitative estimate of drug-likeness (QED) is 0.0814. The van der Waals surface area contributed by atoms with Crippen LogP contribution in [0.4, 0.5) is 0 Å². The fourth-order valence-electron chi connectivity index (χ4n) is 3.61. The molecule has 3 atom stereocenters. The Kier molecular flexibility index (Phi) is 12.6. The van der Waals surface area contributed by atoms with E-state index in [0.29, 0.717) is 57.4 Å². The first-order chi connectivity index (χ1) is 16.1. The van der Waals surface area contributed by atoms with E-state index in [1.807, 2.05) is 13.8 Å². The molecule has 0 aromatic rings. The van der Waals surface area contributed by atoms with Gasteiger partial charge in [-0.05, 0) is 38.0 Å². The number of aldehydes is 1. The number of hydrogen-bond donors (Lipinski definition) is 4. The number of guanidine groups is 1. The van der Waals surface area contributed by atoms with E-state index in [9.17, 15) is 24.0 Å². The molecule has 0 saturated carbocycles. The minimum atomic E-state index is -1.14. The van der Waals surface area contributed by atoms with Crippen molar-refractivity contribution in [3.63, 3.8) is 0 Å². The first-order valence-corrected chi connectivity index (χ1v) is 11.6. The minimum Gasteiger partial charge on any atom is -0.469 e.